The zero-order chi connectivity index (χ0) is 27.9. The van der Waals surface area contributed by atoms with Gasteiger partial charge in [-0.1, -0.05) is 13.8 Å². The Morgan fingerprint density at radius 1 is 0.974 bits per heavy atom. The summed E-state index contributed by atoms with van der Waals surface area (Å²) in [4.78, 5) is 49.1. The molecule has 0 fully saturated rings. The first kappa shape index (κ1) is 28.2. The van der Waals surface area contributed by atoms with Crippen molar-refractivity contribution in [1.29, 1.82) is 0 Å². The molecule has 0 saturated carbocycles. The molecule has 206 valence electrons. The van der Waals surface area contributed by atoms with Crippen molar-refractivity contribution in [2.24, 2.45) is 13.0 Å². The van der Waals surface area contributed by atoms with Crippen LogP contribution in [0.3, 0.4) is 0 Å². The molecule has 8 nitrogen and oxygen atoms in total. The second-order valence-electron chi connectivity index (χ2n) is 10.5. The SMILES string of the molecule is CC(C)CN1CCCN(C(=O)c2ccc(=O)n(C)c2)Cc2cc(F)ccc2N(C(=O)c2cccnc2)CCC1. The maximum absolute atomic E-state index is 14.6. The van der Waals surface area contributed by atoms with E-state index in [1.54, 1.807) is 41.2 Å². The molecule has 1 aliphatic rings. The third-order valence-electron chi connectivity index (χ3n) is 6.85. The van der Waals surface area contributed by atoms with Crippen LogP contribution in [-0.4, -0.2) is 63.9 Å². The summed E-state index contributed by atoms with van der Waals surface area (Å²) < 4.78 is 15.9. The molecule has 2 aromatic heterocycles. The highest BCUT2D eigenvalue weighted by atomic mass is 19.1. The molecule has 0 unspecified atom stereocenters. The van der Waals surface area contributed by atoms with Crippen molar-refractivity contribution >= 4 is 17.5 Å². The fourth-order valence-electron chi connectivity index (χ4n) is 5.03. The number of carbonyl (C=O) groups is 2. The monoisotopic (exact) mass is 533 g/mol. The van der Waals surface area contributed by atoms with Crippen molar-refractivity contribution in [2.75, 3.05) is 37.6 Å². The molecule has 0 atom stereocenters. The second-order valence-corrected chi connectivity index (χ2v) is 10.5. The summed E-state index contributed by atoms with van der Waals surface area (Å²) in [5, 5.41) is 0. The van der Waals surface area contributed by atoms with E-state index < -0.39 is 5.82 Å². The van der Waals surface area contributed by atoms with Gasteiger partial charge in [0.25, 0.3) is 11.8 Å². The Morgan fingerprint density at radius 3 is 2.44 bits per heavy atom. The molecule has 0 spiro atoms. The van der Waals surface area contributed by atoms with Crippen LogP contribution in [-0.2, 0) is 13.6 Å². The molecule has 0 aliphatic carbocycles. The minimum Gasteiger partial charge on any atom is -0.334 e. The number of fused-ring (bicyclic) bond motifs is 1. The lowest BCUT2D eigenvalue weighted by atomic mass is 10.1. The molecule has 39 heavy (non-hydrogen) atoms. The number of pyridine rings is 2. The highest BCUT2D eigenvalue weighted by Crippen LogP contribution is 2.27. The Morgan fingerprint density at radius 2 is 1.74 bits per heavy atom. The summed E-state index contributed by atoms with van der Waals surface area (Å²) in [6, 6.07) is 10.7. The lowest BCUT2D eigenvalue weighted by Crippen LogP contribution is -2.40. The molecular weight excluding hydrogens is 497 g/mol. The number of aryl methyl sites for hydroxylation is 1. The Labute approximate surface area is 228 Å². The minimum atomic E-state index is -0.438. The van der Waals surface area contributed by atoms with Crippen LogP contribution in [0.2, 0.25) is 0 Å². The van der Waals surface area contributed by atoms with Crippen LogP contribution in [0.15, 0.2) is 65.8 Å². The van der Waals surface area contributed by atoms with Gasteiger partial charge in [0.05, 0.1) is 11.1 Å². The fourth-order valence-corrected chi connectivity index (χ4v) is 5.03. The van der Waals surface area contributed by atoms with Crippen LogP contribution in [0.5, 0.6) is 0 Å². The normalized spacial score (nSPS) is 15.4. The van der Waals surface area contributed by atoms with Crippen molar-refractivity contribution in [3.05, 3.63) is 93.9 Å². The zero-order valence-electron chi connectivity index (χ0n) is 22.8. The van der Waals surface area contributed by atoms with Crippen LogP contribution < -0.4 is 10.5 Å². The van der Waals surface area contributed by atoms with Gasteiger partial charge in [0, 0.05) is 63.6 Å². The first-order chi connectivity index (χ1) is 18.7. The number of hydrogen-bond donors (Lipinski definition) is 0. The molecule has 0 bridgehead atoms. The summed E-state index contributed by atoms with van der Waals surface area (Å²) in [6.07, 6.45) is 6.16. The molecule has 1 aliphatic heterocycles. The van der Waals surface area contributed by atoms with Crippen molar-refractivity contribution < 1.29 is 14.0 Å². The van der Waals surface area contributed by atoms with Crippen molar-refractivity contribution in [3.8, 4) is 0 Å². The molecule has 0 radical (unpaired) electrons. The van der Waals surface area contributed by atoms with E-state index in [0.29, 0.717) is 41.4 Å². The van der Waals surface area contributed by atoms with Gasteiger partial charge in [-0.05, 0) is 73.8 Å². The molecule has 2 amide bonds. The summed E-state index contributed by atoms with van der Waals surface area (Å²) in [7, 11) is 1.60. The summed E-state index contributed by atoms with van der Waals surface area (Å²) in [6.45, 7) is 7.85. The predicted octanol–water partition coefficient (Wildman–Crippen LogP) is 3.96. The van der Waals surface area contributed by atoms with E-state index in [9.17, 15) is 18.8 Å². The van der Waals surface area contributed by atoms with E-state index in [1.807, 2.05) is 0 Å². The van der Waals surface area contributed by atoms with Gasteiger partial charge in [-0.15, -0.1) is 0 Å². The highest BCUT2D eigenvalue weighted by molar-refractivity contribution is 6.06. The van der Waals surface area contributed by atoms with E-state index in [-0.39, 0.29) is 23.9 Å². The summed E-state index contributed by atoms with van der Waals surface area (Å²) in [5.41, 5.74) is 1.73. The number of aromatic nitrogens is 2. The number of benzene rings is 1. The number of nitrogens with zero attached hydrogens (tertiary/aromatic N) is 5. The van der Waals surface area contributed by atoms with Gasteiger partial charge in [0.15, 0.2) is 0 Å². The third-order valence-corrected chi connectivity index (χ3v) is 6.85. The number of carbonyl (C=O) groups excluding carboxylic acids is 2. The van der Waals surface area contributed by atoms with Gasteiger partial charge in [0.2, 0.25) is 5.56 Å². The Bertz CT molecular complexity index is 1360. The standard InChI is InChI=1S/C30H36FN5O3/c1-22(2)19-34-13-5-15-35(29(38)24-8-11-28(37)33(3)20-24)21-25-17-26(31)9-10-27(25)36(16-6-14-34)30(39)23-7-4-12-32-18-23/h4,7-12,17-18,20,22H,5-6,13-16,19,21H2,1-3H3. The third kappa shape index (κ3) is 7.17. The maximum atomic E-state index is 14.6. The molecule has 3 aromatic rings. The van der Waals surface area contributed by atoms with Gasteiger partial charge in [0.1, 0.15) is 5.82 Å². The molecular formula is C30H36FN5O3. The lowest BCUT2D eigenvalue weighted by Gasteiger charge is -2.32. The Hall–Kier alpha value is -3.85. The smallest absolute Gasteiger partial charge is 0.259 e. The lowest BCUT2D eigenvalue weighted by molar-refractivity contribution is 0.0732. The van der Waals surface area contributed by atoms with Gasteiger partial charge in [-0.3, -0.25) is 19.4 Å². The van der Waals surface area contributed by atoms with E-state index >= 15 is 0 Å². The quantitative estimate of drug-likeness (QED) is 0.507. The molecule has 1 aromatic carbocycles. The van der Waals surface area contributed by atoms with Crippen molar-refractivity contribution in [2.45, 2.75) is 33.2 Å². The average Bonchev–Trinajstić information content (AvgIpc) is 2.91. The van der Waals surface area contributed by atoms with E-state index in [1.165, 1.54) is 41.2 Å². The zero-order valence-corrected chi connectivity index (χ0v) is 22.8. The highest BCUT2D eigenvalue weighted by Gasteiger charge is 2.25. The molecule has 0 N–H and O–H groups in total. The van der Waals surface area contributed by atoms with Gasteiger partial charge in [-0.2, -0.15) is 0 Å². The van der Waals surface area contributed by atoms with Gasteiger partial charge in [-0.25, -0.2) is 4.39 Å². The summed E-state index contributed by atoms with van der Waals surface area (Å²) in [5.74, 6) is -0.442. The fraction of sp³-hybridized carbons (Fsp3) is 0.400. The van der Waals surface area contributed by atoms with Crippen LogP contribution >= 0.6 is 0 Å². The number of halogens is 1. The van der Waals surface area contributed by atoms with Crippen LogP contribution in [0.25, 0.3) is 0 Å². The van der Waals surface area contributed by atoms with Crippen LogP contribution in [0.1, 0.15) is 53.0 Å². The first-order valence-electron chi connectivity index (χ1n) is 13.4. The maximum Gasteiger partial charge on any atom is 0.259 e. The van der Waals surface area contributed by atoms with Crippen LogP contribution in [0, 0.1) is 11.7 Å². The van der Waals surface area contributed by atoms with Gasteiger partial charge >= 0.3 is 0 Å². The summed E-state index contributed by atoms with van der Waals surface area (Å²) >= 11 is 0. The number of rotatable bonds is 4. The molecule has 0 saturated heterocycles. The minimum absolute atomic E-state index is 0.121. The molecule has 9 heteroatoms. The first-order valence-corrected chi connectivity index (χ1v) is 13.4. The number of anilines is 1. The Kier molecular flexibility index (Phi) is 9.24. The Balaban J connectivity index is 1.75. The number of hydrogen-bond acceptors (Lipinski definition) is 5. The molecule has 3 heterocycles. The van der Waals surface area contributed by atoms with Gasteiger partial charge < -0.3 is 19.3 Å². The predicted molar refractivity (Wildman–Crippen MR) is 149 cm³/mol. The van der Waals surface area contributed by atoms with Crippen LogP contribution in [0.4, 0.5) is 10.1 Å². The molecule has 4 rings (SSSR count). The average molecular weight is 534 g/mol. The number of amides is 2. The van der Waals surface area contributed by atoms with E-state index in [0.717, 1.165) is 32.5 Å². The topological polar surface area (TPSA) is 78.8 Å². The van der Waals surface area contributed by atoms with Crippen molar-refractivity contribution in [1.82, 2.24) is 19.4 Å². The second kappa shape index (κ2) is 12.8. The van der Waals surface area contributed by atoms with Crippen molar-refractivity contribution in [3.63, 3.8) is 0 Å². The van der Waals surface area contributed by atoms with E-state index in [4.69, 9.17) is 0 Å². The largest absolute Gasteiger partial charge is 0.334 e. The van der Waals surface area contributed by atoms with E-state index in [2.05, 4.69) is 23.7 Å².